The first-order valence-electron chi connectivity index (χ1n) is 5.25. The van der Waals surface area contributed by atoms with Gasteiger partial charge in [0.25, 0.3) is 0 Å². The van der Waals surface area contributed by atoms with E-state index in [4.69, 9.17) is 0 Å². The van der Waals surface area contributed by atoms with Crippen LogP contribution in [0.3, 0.4) is 0 Å². The van der Waals surface area contributed by atoms with Crippen LogP contribution in [0.15, 0.2) is 20.2 Å². The van der Waals surface area contributed by atoms with Gasteiger partial charge in [-0.15, -0.1) is 10.2 Å². The molecule has 6 nitrogen and oxygen atoms in total. The monoisotopic (exact) mass is 206 g/mol. The second-order valence-electron chi connectivity index (χ2n) is 4.36. The van der Waals surface area contributed by atoms with E-state index >= 15 is 0 Å². The molecule has 0 unspecified atom stereocenters. The van der Waals surface area contributed by atoms with Gasteiger partial charge in [0, 0.05) is 13.1 Å². The predicted molar refractivity (Wildman–Crippen MR) is 57.0 cm³/mol. The van der Waals surface area contributed by atoms with Crippen LogP contribution in [0.2, 0.25) is 0 Å². The van der Waals surface area contributed by atoms with Crippen molar-refractivity contribution >= 4 is 11.9 Å². The number of hydrogen-bond acceptors (Lipinski definition) is 6. The van der Waals surface area contributed by atoms with E-state index in [1.54, 1.807) is 0 Å². The minimum atomic E-state index is -0.117. The maximum Gasteiger partial charge on any atom is 0.242 e. The van der Waals surface area contributed by atoms with Crippen molar-refractivity contribution in [2.24, 2.45) is 20.2 Å². The molecule has 0 amide bonds. The number of aliphatic imine (C=N–C) groups is 2. The van der Waals surface area contributed by atoms with Crippen molar-refractivity contribution in [2.75, 3.05) is 26.2 Å². The summed E-state index contributed by atoms with van der Waals surface area (Å²) in [7, 11) is 0. The number of fused-ring (bicyclic) bond motifs is 2. The molecule has 0 aromatic carbocycles. The standard InChI is InChI=1S/C9H14N6/c1-9(2)14-5-3-10-7(14)12-13-8-11-4-6-15(8)9/h3-6H2,1-2H3. The highest BCUT2D eigenvalue weighted by molar-refractivity contribution is 5.90. The van der Waals surface area contributed by atoms with Crippen LogP contribution in [0.1, 0.15) is 13.8 Å². The van der Waals surface area contributed by atoms with Gasteiger partial charge in [-0.25, -0.2) is 9.98 Å². The Morgan fingerprint density at radius 2 is 1.40 bits per heavy atom. The van der Waals surface area contributed by atoms with Crippen molar-refractivity contribution in [3.63, 3.8) is 0 Å². The minimum Gasteiger partial charge on any atom is -0.315 e. The van der Waals surface area contributed by atoms with Gasteiger partial charge in [-0.05, 0) is 13.8 Å². The lowest BCUT2D eigenvalue weighted by molar-refractivity contribution is 0.0868. The third-order valence-corrected chi connectivity index (χ3v) is 3.19. The summed E-state index contributed by atoms with van der Waals surface area (Å²) in [4.78, 5) is 13.1. The summed E-state index contributed by atoms with van der Waals surface area (Å²) in [6.07, 6.45) is 0. The molecule has 0 aromatic rings. The lowest BCUT2D eigenvalue weighted by atomic mass is 10.1. The van der Waals surface area contributed by atoms with Crippen molar-refractivity contribution in [2.45, 2.75) is 19.5 Å². The summed E-state index contributed by atoms with van der Waals surface area (Å²) in [6, 6.07) is 0. The van der Waals surface area contributed by atoms with Crippen LogP contribution < -0.4 is 0 Å². The third kappa shape index (κ3) is 1.10. The third-order valence-electron chi connectivity index (χ3n) is 3.19. The van der Waals surface area contributed by atoms with Gasteiger partial charge in [0.05, 0.1) is 13.1 Å². The molecule has 0 atom stereocenters. The summed E-state index contributed by atoms with van der Waals surface area (Å²) in [5, 5.41) is 8.30. The second kappa shape index (κ2) is 2.77. The summed E-state index contributed by atoms with van der Waals surface area (Å²) < 4.78 is 0. The van der Waals surface area contributed by atoms with Crippen molar-refractivity contribution < 1.29 is 0 Å². The molecule has 0 saturated heterocycles. The molecule has 3 aliphatic heterocycles. The van der Waals surface area contributed by atoms with Gasteiger partial charge >= 0.3 is 0 Å². The molecule has 15 heavy (non-hydrogen) atoms. The van der Waals surface area contributed by atoms with Gasteiger partial charge in [-0.1, -0.05) is 0 Å². The van der Waals surface area contributed by atoms with Crippen molar-refractivity contribution in [3.8, 4) is 0 Å². The number of rotatable bonds is 0. The van der Waals surface area contributed by atoms with E-state index in [0.717, 1.165) is 38.1 Å². The first-order valence-corrected chi connectivity index (χ1v) is 5.25. The number of nitrogens with zero attached hydrogens (tertiary/aromatic N) is 6. The van der Waals surface area contributed by atoms with Crippen molar-refractivity contribution in [3.05, 3.63) is 0 Å². The van der Waals surface area contributed by atoms with E-state index in [-0.39, 0.29) is 5.66 Å². The minimum absolute atomic E-state index is 0.117. The molecule has 0 N–H and O–H groups in total. The number of azo groups is 1. The van der Waals surface area contributed by atoms with E-state index in [2.05, 4.69) is 43.9 Å². The Kier molecular flexibility index (Phi) is 1.63. The predicted octanol–water partition coefficient (Wildman–Crippen LogP) is 0.531. The van der Waals surface area contributed by atoms with Gasteiger partial charge < -0.3 is 9.80 Å². The molecule has 0 radical (unpaired) electrons. The molecule has 6 heteroatoms. The topological polar surface area (TPSA) is 55.9 Å². The van der Waals surface area contributed by atoms with Crippen LogP contribution in [0.5, 0.6) is 0 Å². The van der Waals surface area contributed by atoms with Gasteiger partial charge in [0.2, 0.25) is 11.9 Å². The molecule has 0 aliphatic carbocycles. The molecule has 3 rings (SSSR count). The smallest absolute Gasteiger partial charge is 0.242 e. The summed E-state index contributed by atoms with van der Waals surface area (Å²) in [6.45, 7) is 7.82. The van der Waals surface area contributed by atoms with Crippen molar-refractivity contribution in [1.29, 1.82) is 0 Å². The molecule has 0 fully saturated rings. The van der Waals surface area contributed by atoms with E-state index in [1.807, 2.05) is 0 Å². The van der Waals surface area contributed by atoms with Gasteiger partial charge in [0.1, 0.15) is 5.66 Å². The van der Waals surface area contributed by atoms with Crippen LogP contribution in [0.4, 0.5) is 0 Å². The van der Waals surface area contributed by atoms with Crippen LogP contribution in [0.25, 0.3) is 0 Å². The molecule has 0 bridgehead atoms. The summed E-state index contributed by atoms with van der Waals surface area (Å²) >= 11 is 0. The Balaban J connectivity index is 2.08. The molecular weight excluding hydrogens is 192 g/mol. The van der Waals surface area contributed by atoms with E-state index in [1.165, 1.54) is 0 Å². The van der Waals surface area contributed by atoms with E-state index in [9.17, 15) is 0 Å². The first-order chi connectivity index (χ1) is 7.19. The average Bonchev–Trinajstić information content (AvgIpc) is 2.82. The van der Waals surface area contributed by atoms with Gasteiger partial charge in [0.15, 0.2) is 0 Å². The Bertz CT molecular complexity index is 346. The quantitative estimate of drug-likeness (QED) is 0.580. The highest BCUT2D eigenvalue weighted by Gasteiger charge is 2.42. The zero-order chi connectivity index (χ0) is 10.5. The van der Waals surface area contributed by atoms with Gasteiger partial charge in [-0.2, -0.15) is 0 Å². The highest BCUT2D eigenvalue weighted by atomic mass is 15.6. The molecule has 0 spiro atoms. The number of guanidine groups is 2. The molecule has 3 heterocycles. The second-order valence-corrected chi connectivity index (χ2v) is 4.36. The SMILES string of the molecule is CC1(C)N2CCN=C2N=NC2=NCCN21. The zero-order valence-electron chi connectivity index (χ0n) is 9.01. The zero-order valence-corrected chi connectivity index (χ0v) is 9.01. The van der Waals surface area contributed by atoms with Crippen LogP contribution in [-0.2, 0) is 0 Å². The van der Waals surface area contributed by atoms with Gasteiger partial charge in [-0.3, -0.25) is 0 Å². The summed E-state index contributed by atoms with van der Waals surface area (Å²) in [5.74, 6) is 1.49. The van der Waals surface area contributed by atoms with Crippen molar-refractivity contribution in [1.82, 2.24) is 9.80 Å². The highest BCUT2D eigenvalue weighted by Crippen LogP contribution is 2.28. The van der Waals surface area contributed by atoms with Crippen LogP contribution in [0, 0.1) is 0 Å². The Morgan fingerprint density at radius 1 is 0.933 bits per heavy atom. The molecule has 0 saturated carbocycles. The van der Waals surface area contributed by atoms with Crippen LogP contribution in [-0.4, -0.2) is 53.6 Å². The maximum absolute atomic E-state index is 4.34. The van der Waals surface area contributed by atoms with E-state index < -0.39 is 0 Å². The Hall–Kier alpha value is -1.46. The number of hydrogen-bond donors (Lipinski definition) is 0. The Morgan fingerprint density at radius 3 is 1.87 bits per heavy atom. The lowest BCUT2D eigenvalue weighted by Gasteiger charge is -2.42. The average molecular weight is 206 g/mol. The van der Waals surface area contributed by atoms with Crippen LogP contribution >= 0.6 is 0 Å². The molecule has 80 valence electrons. The largest absolute Gasteiger partial charge is 0.315 e. The fraction of sp³-hybridized carbons (Fsp3) is 0.778. The fourth-order valence-electron chi connectivity index (χ4n) is 2.31. The Labute approximate surface area is 88.4 Å². The maximum atomic E-state index is 4.34. The van der Waals surface area contributed by atoms with E-state index in [0.29, 0.717) is 0 Å². The first kappa shape index (κ1) is 8.82. The summed E-state index contributed by atoms with van der Waals surface area (Å²) in [5.41, 5.74) is -0.117. The normalized spacial score (nSPS) is 27.1. The molecule has 0 aromatic heterocycles. The lowest BCUT2D eigenvalue weighted by Crippen LogP contribution is -2.57. The molecule has 3 aliphatic rings. The molecular formula is C9H14N6. The fourth-order valence-corrected chi connectivity index (χ4v) is 2.31.